The van der Waals surface area contributed by atoms with Crippen LogP contribution in [0.25, 0.3) is 0 Å². The summed E-state index contributed by atoms with van der Waals surface area (Å²) in [6.07, 6.45) is 3.56. The van der Waals surface area contributed by atoms with Crippen molar-refractivity contribution in [3.8, 4) is 0 Å². The largest absolute Gasteiger partial charge is 0.257 e. The third kappa shape index (κ3) is 3.23. The average Bonchev–Trinajstić information content (AvgIpc) is 2.20. The Morgan fingerprint density at radius 1 is 1.36 bits per heavy atom. The summed E-state index contributed by atoms with van der Waals surface area (Å²) in [5.41, 5.74) is 1.26. The normalized spacial score (nSPS) is 11.1. The van der Waals surface area contributed by atoms with Crippen molar-refractivity contribution in [2.24, 2.45) is 4.99 Å². The molecule has 1 aromatic carbocycles. The molecular weight excluding hydrogens is 190 g/mol. The van der Waals surface area contributed by atoms with Crippen molar-refractivity contribution in [1.29, 1.82) is 0 Å². The number of allylic oxidation sites excluding steroid dienone is 2. The van der Waals surface area contributed by atoms with Crippen LogP contribution in [0.4, 0.5) is 0 Å². The van der Waals surface area contributed by atoms with E-state index in [0.29, 0.717) is 0 Å². The minimum absolute atomic E-state index is 0.865. The molecule has 0 fully saturated rings. The van der Waals surface area contributed by atoms with Gasteiger partial charge in [-0.3, -0.25) is 4.99 Å². The number of benzene rings is 1. The molecule has 0 amide bonds. The molecule has 0 N–H and O–H groups in total. The molecule has 0 heterocycles. The third-order valence-corrected chi connectivity index (χ3v) is 2.64. The van der Waals surface area contributed by atoms with Gasteiger partial charge in [0.25, 0.3) is 0 Å². The third-order valence-electron chi connectivity index (χ3n) is 1.66. The molecule has 0 spiro atoms. The van der Waals surface area contributed by atoms with Crippen LogP contribution in [-0.2, 0) is 0 Å². The molecule has 0 radical (unpaired) electrons. The SMILES string of the molecule is C=C/C=C(\N=C)Sc1ccc(C)cc1. The van der Waals surface area contributed by atoms with E-state index in [1.165, 1.54) is 5.56 Å². The summed E-state index contributed by atoms with van der Waals surface area (Å²) in [5, 5.41) is 0.865. The van der Waals surface area contributed by atoms with Crippen molar-refractivity contribution in [1.82, 2.24) is 0 Å². The van der Waals surface area contributed by atoms with Gasteiger partial charge < -0.3 is 0 Å². The number of hydrogen-bond donors (Lipinski definition) is 0. The van der Waals surface area contributed by atoms with Gasteiger partial charge in [0.1, 0.15) is 0 Å². The highest BCUT2D eigenvalue weighted by Gasteiger charge is 1.96. The van der Waals surface area contributed by atoms with Crippen LogP contribution in [0, 0.1) is 6.92 Å². The minimum atomic E-state index is 0.865. The fourth-order valence-electron chi connectivity index (χ4n) is 0.947. The van der Waals surface area contributed by atoms with Crippen molar-refractivity contribution in [2.45, 2.75) is 11.8 Å². The smallest absolute Gasteiger partial charge is 0.0999 e. The van der Waals surface area contributed by atoms with Gasteiger partial charge in [-0.1, -0.05) is 42.1 Å². The molecule has 0 aliphatic carbocycles. The number of aryl methyl sites for hydroxylation is 1. The molecule has 0 unspecified atom stereocenters. The van der Waals surface area contributed by atoms with Gasteiger partial charge in [-0.2, -0.15) is 0 Å². The molecule has 1 rings (SSSR count). The van der Waals surface area contributed by atoms with E-state index >= 15 is 0 Å². The van der Waals surface area contributed by atoms with Crippen molar-refractivity contribution < 1.29 is 0 Å². The first-order valence-electron chi connectivity index (χ1n) is 4.30. The molecule has 72 valence electrons. The van der Waals surface area contributed by atoms with Crippen molar-refractivity contribution in [3.63, 3.8) is 0 Å². The van der Waals surface area contributed by atoms with E-state index in [0.717, 1.165) is 9.92 Å². The molecule has 0 aliphatic rings. The second-order valence-electron chi connectivity index (χ2n) is 2.81. The van der Waals surface area contributed by atoms with Gasteiger partial charge in [0.05, 0.1) is 5.03 Å². The van der Waals surface area contributed by atoms with Crippen LogP contribution >= 0.6 is 11.8 Å². The van der Waals surface area contributed by atoms with Gasteiger partial charge in [-0.25, -0.2) is 0 Å². The maximum Gasteiger partial charge on any atom is 0.0999 e. The molecule has 1 nitrogen and oxygen atoms in total. The summed E-state index contributed by atoms with van der Waals surface area (Å²) < 4.78 is 0. The Kier molecular flexibility index (Phi) is 4.20. The van der Waals surface area contributed by atoms with Crippen molar-refractivity contribution in [3.05, 3.63) is 53.6 Å². The first kappa shape index (κ1) is 10.8. The standard InChI is InChI=1S/C12H13NS/c1-4-5-12(13-3)14-11-8-6-10(2)7-9-11/h4-9H,1,3H2,2H3/b12-5+. The van der Waals surface area contributed by atoms with Crippen LogP contribution in [0.2, 0.25) is 0 Å². The Hall–Kier alpha value is -1.28. The Morgan fingerprint density at radius 3 is 2.50 bits per heavy atom. The number of rotatable bonds is 4. The Balaban J connectivity index is 2.77. The molecule has 1 aromatic rings. The summed E-state index contributed by atoms with van der Waals surface area (Å²) >= 11 is 1.58. The Morgan fingerprint density at radius 2 is 2.00 bits per heavy atom. The summed E-state index contributed by atoms with van der Waals surface area (Å²) in [7, 11) is 0. The van der Waals surface area contributed by atoms with Gasteiger partial charge in [0.15, 0.2) is 0 Å². The highest BCUT2D eigenvalue weighted by atomic mass is 32.2. The fourth-order valence-corrected chi connectivity index (χ4v) is 1.69. The number of nitrogens with zero attached hydrogens (tertiary/aromatic N) is 1. The number of hydrogen-bond acceptors (Lipinski definition) is 2. The van der Waals surface area contributed by atoms with Gasteiger partial charge in [0, 0.05) is 4.90 Å². The molecule has 14 heavy (non-hydrogen) atoms. The average molecular weight is 203 g/mol. The van der Waals surface area contributed by atoms with Crippen molar-refractivity contribution in [2.75, 3.05) is 0 Å². The van der Waals surface area contributed by atoms with E-state index in [-0.39, 0.29) is 0 Å². The summed E-state index contributed by atoms with van der Waals surface area (Å²) in [6, 6.07) is 8.30. The van der Waals surface area contributed by atoms with Crippen LogP contribution in [0.5, 0.6) is 0 Å². The van der Waals surface area contributed by atoms with Gasteiger partial charge >= 0.3 is 0 Å². The van der Waals surface area contributed by atoms with E-state index in [1.54, 1.807) is 17.8 Å². The molecule has 0 aromatic heterocycles. The minimum Gasteiger partial charge on any atom is -0.257 e. The molecule has 0 bridgehead atoms. The predicted octanol–water partition coefficient (Wildman–Crippen LogP) is 3.82. The van der Waals surface area contributed by atoms with Gasteiger partial charge in [-0.05, 0) is 31.9 Å². The molecule has 2 heteroatoms. The van der Waals surface area contributed by atoms with E-state index in [2.05, 4.69) is 49.5 Å². The van der Waals surface area contributed by atoms with Crippen LogP contribution < -0.4 is 0 Å². The van der Waals surface area contributed by atoms with Crippen LogP contribution in [0.1, 0.15) is 5.56 Å². The van der Waals surface area contributed by atoms with E-state index in [9.17, 15) is 0 Å². The van der Waals surface area contributed by atoms with E-state index in [1.807, 2.05) is 6.08 Å². The van der Waals surface area contributed by atoms with Gasteiger partial charge in [0.2, 0.25) is 0 Å². The molecule has 0 saturated heterocycles. The number of aliphatic imine (C=N–C) groups is 1. The highest BCUT2D eigenvalue weighted by molar-refractivity contribution is 8.03. The van der Waals surface area contributed by atoms with Crippen LogP contribution in [0.15, 0.2) is 57.9 Å². The lowest BCUT2D eigenvalue weighted by Gasteiger charge is -2.00. The molecular formula is C12H13NS. The molecule has 0 saturated carbocycles. The predicted molar refractivity (Wildman–Crippen MR) is 64.9 cm³/mol. The maximum atomic E-state index is 3.90. The van der Waals surface area contributed by atoms with E-state index in [4.69, 9.17) is 0 Å². The number of thioether (sulfide) groups is 1. The summed E-state index contributed by atoms with van der Waals surface area (Å²) in [6.45, 7) is 9.20. The summed E-state index contributed by atoms with van der Waals surface area (Å²) in [5.74, 6) is 0. The van der Waals surface area contributed by atoms with Crippen molar-refractivity contribution >= 4 is 18.5 Å². The van der Waals surface area contributed by atoms with Gasteiger partial charge in [-0.15, -0.1) is 0 Å². The fraction of sp³-hybridized carbons (Fsp3) is 0.0833. The second kappa shape index (κ2) is 5.45. The summed E-state index contributed by atoms with van der Waals surface area (Å²) in [4.78, 5) is 5.06. The lowest BCUT2D eigenvalue weighted by atomic mass is 10.2. The zero-order valence-corrected chi connectivity index (χ0v) is 9.05. The lowest BCUT2D eigenvalue weighted by molar-refractivity contribution is 1.38. The second-order valence-corrected chi connectivity index (χ2v) is 3.91. The molecule has 0 aliphatic heterocycles. The van der Waals surface area contributed by atoms with Crippen LogP contribution in [-0.4, -0.2) is 6.72 Å². The Bertz CT molecular complexity index is 349. The van der Waals surface area contributed by atoms with Crippen LogP contribution in [0.3, 0.4) is 0 Å². The Labute approximate surface area is 89.3 Å². The topological polar surface area (TPSA) is 12.4 Å². The quantitative estimate of drug-likeness (QED) is 0.412. The first-order valence-corrected chi connectivity index (χ1v) is 5.12. The zero-order chi connectivity index (χ0) is 10.4. The monoisotopic (exact) mass is 203 g/mol. The van der Waals surface area contributed by atoms with E-state index < -0.39 is 0 Å². The maximum absolute atomic E-state index is 3.90. The zero-order valence-electron chi connectivity index (χ0n) is 8.23. The first-order chi connectivity index (χ1) is 6.76. The lowest BCUT2D eigenvalue weighted by Crippen LogP contribution is -1.74. The highest BCUT2D eigenvalue weighted by Crippen LogP contribution is 2.27. The molecule has 0 atom stereocenters.